The predicted octanol–water partition coefficient (Wildman–Crippen LogP) is 3.77. The average molecular weight is 559 g/mol. The lowest BCUT2D eigenvalue weighted by atomic mass is 10.1. The minimum Gasteiger partial charge on any atom is -0.378 e. The Morgan fingerprint density at radius 1 is 1.03 bits per heavy atom. The van der Waals surface area contributed by atoms with E-state index >= 15 is 0 Å². The highest BCUT2D eigenvalue weighted by Gasteiger charge is 2.10. The number of sulfone groups is 1. The van der Waals surface area contributed by atoms with Gasteiger partial charge in [-0.1, -0.05) is 24.3 Å². The van der Waals surface area contributed by atoms with Gasteiger partial charge in [0.2, 0.25) is 0 Å². The molecule has 0 fully saturated rings. The van der Waals surface area contributed by atoms with Gasteiger partial charge in [0.05, 0.1) is 11.4 Å². The monoisotopic (exact) mass is 558 g/mol. The Balaban J connectivity index is 0.00000480. The van der Waals surface area contributed by atoms with Gasteiger partial charge in [-0.15, -0.1) is 24.0 Å². The van der Waals surface area contributed by atoms with Crippen molar-refractivity contribution in [1.29, 1.82) is 0 Å². The summed E-state index contributed by atoms with van der Waals surface area (Å²) in [4.78, 5) is 7.10. The van der Waals surface area contributed by atoms with Gasteiger partial charge in [0.25, 0.3) is 0 Å². The first kappa shape index (κ1) is 27.2. The fourth-order valence-corrected chi connectivity index (χ4v) is 4.16. The summed E-state index contributed by atoms with van der Waals surface area (Å²) in [6.07, 6.45) is 3.25. The van der Waals surface area contributed by atoms with Crippen molar-refractivity contribution < 1.29 is 8.42 Å². The Bertz CT molecular complexity index is 958. The first-order valence-electron chi connectivity index (χ1n) is 10.3. The molecule has 2 rings (SSSR count). The van der Waals surface area contributed by atoms with Crippen LogP contribution in [0.1, 0.15) is 30.0 Å². The molecule has 6 nitrogen and oxygen atoms in total. The van der Waals surface area contributed by atoms with Crippen molar-refractivity contribution in [3.05, 3.63) is 59.2 Å². The Hall–Kier alpha value is -1.81. The number of anilines is 1. The van der Waals surface area contributed by atoms with Crippen LogP contribution in [0, 0.1) is 6.92 Å². The van der Waals surface area contributed by atoms with Gasteiger partial charge in [0, 0.05) is 39.1 Å². The molecular formula is C23H35IN4O2S. The zero-order valence-electron chi connectivity index (χ0n) is 19.1. The van der Waals surface area contributed by atoms with E-state index in [2.05, 4.69) is 44.8 Å². The van der Waals surface area contributed by atoms with E-state index in [0.29, 0.717) is 11.4 Å². The van der Waals surface area contributed by atoms with E-state index < -0.39 is 9.84 Å². The number of aryl methyl sites for hydroxylation is 2. The zero-order valence-corrected chi connectivity index (χ0v) is 22.3. The lowest BCUT2D eigenvalue weighted by molar-refractivity contribution is 0.601. The molecule has 0 unspecified atom stereocenters. The Morgan fingerprint density at radius 3 is 2.23 bits per heavy atom. The molecule has 0 saturated carbocycles. The van der Waals surface area contributed by atoms with E-state index in [4.69, 9.17) is 0 Å². The van der Waals surface area contributed by atoms with Crippen LogP contribution in [0.5, 0.6) is 0 Å². The highest BCUT2D eigenvalue weighted by molar-refractivity contribution is 14.0. The molecule has 0 radical (unpaired) electrons. The minimum atomic E-state index is -3.20. The van der Waals surface area contributed by atoms with E-state index in [1.165, 1.54) is 17.5 Å². The summed E-state index contributed by atoms with van der Waals surface area (Å²) in [5.74, 6) is 0.769. The highest BCUT2D eigenvalue weighted by atomic mass is 127. The smallest absolute Gasteiger partial charge is 0.191 e. The van der Waals surface area contributed by atoms with E-state index in [1.54, 1.807) is 6.07 Å². The second-order valence-electron chi connectivity index (χ2n) is 7.66. The Kier molecular flexibility index (Phi) is 11.3. The molecule has 0 aromatic heterocycles. The van der Waals surface area contributed by atoms with Crippen LogP contribution in [0.25, 0.3) is 0 Å². The van der Waals surface area contributed by atoms with Crippen molar-refractivity contribution in [3.8, 4) is 0 Å². The number of nitrogens with one attached hydrogen (secondary N) is 2. The molecule has 8 heteroatoms. The van der Waals surface area contributed by atoms with Crippen molar-refractivity contribution in [2.75, 3.05) is 38.3 Å². The van der Waals surface area contributed by atoms with E-state index in [1.807, 2.05) is 40.1 Å². The van der Waals surface area contributed by atoms with Crippen LogP contribution in [-0.4, -0.2) is 47.8 Å². The second kappa shape index (κ2) is 12.9. The van der Waals surface area contributed by atoms with Gasteiger partial charge in [0.1, 0.15) is 0 Å². The summed E-state index contributed by atoms with van der Waals surface area (Å²) in [6, 6.07) is 14.0. The van der Waals surface area contributed by atoms with Crippen molar-refractivity contribution >= 4 is 45.5 Å². The van der Waals surface area contributed by atoms with Crippen molar-refractivity contribution in [3.63, 3.8) is 0 Å². The van der Waals surface area contributed by atoms with Crippen molar-refractivity contribution in [1.82, 2.24) is 10.6 Å². The van der Waals surface area contributed by atoms with Crippen LogP contribution in [0.2, 0.25) is 0 Å². The molecular weight excluding hydrogens is 523 g/mol. The minimum absolute atomic E-state index is 0. The SMILES string of the molecule is CCNC(=NCc1ccc(S(C)(=O)=O)c(C)c1)NCCCc1ccc(N(C)C)cc1.I. The van der Waals surface area contributed by atoms with Crippen molar-refractivity contribution in [2.24, 2.45) is 4.99 Å². The highest BCUT2D eigenvalue weighted by Crippen LogP contribution is 2.17. The number of nitrogens with zero attached hydrogens (tertiary/aromatic N) is 2. The molecule has 0 saturated heterocycles. The molecule has 0 aliphatic heterocycles. The van der Waals surface area contributed by atoms with Crippen molar-refractivity contribution in [2.45, 2.75) is 38.1 Å². The maximum atomic E-state index is 11.8. The maximum absolute atomic E-state index is 11.8. The number of hydrogen-bond donors (Lipinski definition) is 2. The lowest BCUT2D eigenvalue weighted by Crippen LogP contribution is -2.37. The standard InChI is InChI=1S/C23H34N4O2S.HI/c1-6-24-23(25-15-7-8-19-9-12-21(13-10-19)27(3)4)26-17-20-11-14-22(18(2)16-20)30(5,28)29;/h9-14,16H,6-8,15,17H2,1-5H3,(H2,24,25,26);1H. The number of aliphatic imine (C=N–C) groups is 1. The number of guanidine groups is 1. The van der Waals surface area contributed by atoms with Crippen LogP contribution in [-0.2, 0) is 22.8 Å². The second-order valence-corrected chi connectivity index (χ2v) is 9.64. The molecule has 0 spiro atoms. The summed E-state index contributed by atoms with van der Waals surface area (Å²) < 4.78 is 23.5. The van der Waals surface area contributed by atoms with Gasteiger partial charge < -0.3 is 15.5 Å². The molecule has 0 atom stereocenters. The molecule has 0 amide bonds. The first-order chi connectivity index (χ1) is 14.2. The quantitative estimate of drug-likeness (QED) is 0.212. The largest absolute Gasteiger partial charge is 0.378 e. The molecule has 2 N–H and O–H groups in total. The Labute approximate surface area is 204 Å². The third-order valence-electron chi connectivity index (χ3n) is 4.79. The summed E-state index contributed by atoms with van der Waals surface area (Å²) >= 11 is 0. The number of hydrogen-bond acceptors (Lipinski definition) is 4. The summed E-state index contributed by atoms with van der Waals surface area (Å²) in [5, 5.41) is 6.64. The molecule has 31 heavy (non-hydrogen) atoms. The van der Waals surface area contributed by atoms with Gasteiger partial charge in [-0.25, -0.2) is 13.4 Å². The first-order valence-corrected chi connectivity index (χ1v) is 12.2. The maximum Gasteiger partial charge on any atom is 0.191 e. The van der Waals surface area contributed by atoms with Crippen LogP contribution >= 0.6 is 24.0 Å². The predicted molar refractivity (Wildman–Crippen MR) is 142 cm³/mol. The molecule has 2 aromatic rings. The third-order valence-corrected chi connectivity index (χ3v) is 6.05. The summed E-state index contributed by atoms with van der Waals surface area (Å²) in [5.41, 5.74) is 4.27. The van der Waals surface area contributed by atoms with Crippen LogP contribution in [0.4, 0.5) is 5.69 Å². The van der Waals surface area contributed by atoms with Gasteiger partial charge in [0.15, 0.2) is 15.8 Å². The molecule has 0 aliphatic rings. The Morgan fingerprint density at radius 2 is 1.68 bits per heavy atom. The zero-order chi connectivity index (χ0) is 22.1. The molecule has 0 bridgehead atoms. The fourth-order valence-electron chi connectivity index (χ4n) is 3.20. The molecule has 172 valence electrons. The summed E-state index contributed by atoms with van der Waals surface area (Å²) in [6.45, 7) is 5.95. The summed E-state index contributed by atoms with van der Waals surface area (Å²) in [7, 11) is 0.889. The van der Waals surface area contributed by atoms with Crippen LogP contribution < -0.4 is 15.5 Å². The fraction of sp³-hybridized carbons (Fsp3) is 0.435. The lowest BCUT2D eigenvalue weighted by Gasteiger charge is -2.13. The normalized spacial score (nSPS) is 11.6. The van der Waals surface area contributed by atoms with Gasteiger partial charge in [-0.3, -0.25) is 0 Å². The third kappa shape index (κ3) is 9.06. The number of benzene rings is 2. The van der Waals surface area contributed by atoms with Crippen LogP contribution in [0.3, 0.4) is 0 Å². The van der Waals surface area contributed by atoms with E-state index in [-0.39, 0.29) is 24.0 Å². The van der Waals surface area contributed by atoms with E-state index in [9.17, 15) is 8.42 Å². The van der Waals surface area contributed by atoms with Gasteiger partial charge in [-0.05, 0) is 61.6 Å². The topological polar surface area (TPSA) is 73.8 Å². The molecule has 0 aliphatic carbocycles. The van der Waals surface area contributed by atoms with Gasteiger partial charge in [-0.2, -0.15) is 0 Å². The number of halogens is 1. The average Bonchev–Trinajstić information content (AvgIpc) is 2.68. The van der Waals surface area contributed by atoms with E-state index in [0.717, 1.165) is 43.0 Å². The van der Waals surface area contributed by atoms with Crippen LogP contribution in [0.15, 0.2) is 52.4 Å². The molecule has 0 heterocycles. The molecule has 2 aromatic carbocycles. The number of rotatable bonds is 9. The van der Waals surface area contributed by atoms with Gasteiger partial charge >= 0.3 is 0 Å².